The predicted molar refractivity (Wildman–Crippen MR) is 353 cm³/mol. The van der Waals surface area contributed by atoms with Crippen LogP contribution in [0, 0.1) is 0 Å². The van der Waals surface area contributed by atoms with Crippen molar-refractivity contribution in [3.8, 4) is 0 Å². The molecule has 0 aliphatic carbocycles. The highest BCUT2D eigenvalue weighted by atomic mass is 16.6. The summed E-state index contributed by atoms with van der Waals surface area (Å²) in [7, 11) is 0. The fraction of sp³-hybridized carbons (Fsp3) is 0.893. The fourth-order valence-electron chi connectivity index (χ4n) is 11.4. The molecule has 1 N–H and O–H groups in total. The number of carbonyl (C=O) groups is 2. The number of hydrogen-bond donors (Lipinski definition) is 1. The van der Waals surface area contributed by atoms with Crippen LogP contribution in [-0.2, 0) is 19.1 Å². The summed E-state index contributed by atoms with van der Waals surface area (Å²) in [6.07, 6.45) is 94.9. The zero-order valence-electron chi connectivity index (χ0n) is 54.4. The van der Waals surface area contributed by atoms with E-state index < -0.39 is 6.10 Å². The van der Waals surface area contributed by atoms with Gasteiger partial charge in [-0.2, -0.15) is 0 Å². The van der Waals surface area contributed by atoms with E-state index in [1.54, 1.807) is 0 Å². The van der Waals surface area contributed by atoms with E-state index in [0.29, 0.717) is 12.8 Å². The van der Waals surface area contributed by atoms with Gasteiger partial charge < -0.3 is 14.6 Å². The second-order valence-electron chi connectivity index (χ2n) is 25.0. The Kier molecular flexibility index (Phi) is 69.7. The number of aliphatic hydroxyl groups excluding tert-OH is 1. The van der Waals surface area contributed by atoms with Crippen molar-refractivity contribution in [3.05, 3.63) is 36.5 Å². The molecule has 0 spiro atoms. The van der Waals surface area contributed by atoms with Crippen molar-refractivity contribution < 1.29 is 24.2 Å². The molecule has 0 aromatic heterocycles. The lowest BCUT2D eigenvalue weighted by Crippen LogP contribution is -2.28. The van der Waals surface area contributed by atoms with Crippen molar-refractivity contribution in [1.29, 1.82) is 0 Å². The van der Waals surface area contributed by atoms with Crippen molar-refractivity contribution >= 4 is 11.9 Å². The van der Waals surface area contributed by atoms with Crippen LogP contribution in [0.15, 0.2) is 36.5 Å². The Morgan fingerprint density at radius 3 is 0.750 bits per heavy atom. The average molecular weight is 1120 g/mol. The Labute approximate surface area is 501 Å². The smallest absolute Gasteiger partial charge is 0.306 e. The molecule has 0 bridgehead atoms. The summed E-state index contributed by atoms with van der Waals surface area (Å²) in [6, 6.07) is 0. The topological polar surface area (TPSA) is 72.8 Å². The number of hydrogen-bond acceptors (Lipinski definition) is 5. The summed E-state index contributed by atoms with van der Waals surface area (Å²) < 4.78 is 10.8. The van der Waals surface area contributed by atoms with Crippen LogP contribution in [0.25, 0.3) is 0 Å². The zero-order valence-corrected chi connectivity index (χ0v) is 54.4. The maximum atomic E-state index is 12.4. The van der Waals surface area contributed by atoms with E-state index in [1.807, 2.05) is 0 Å². The minimum atomic E-state index is -0.770. The van der Waals surface area contributed by atoms with E-state index in [2.05, 4.69) is 50.3 Å². The molecule has 1 atom stereocenters. The molecule has 0 saturated carbocycles. The summed E-state index contributed by atoms with van der Waals surface area (Å²) in [6.45, 7) is 4.19. The predicted octanol–water partition coefficient (Wildman–Crippen LogP) is 25.3. The fourth-order valence-corrected chi connectivity index (χ4v) is 11.4. The third-order valence-electron chi connectivity index (χ3n) is 16.9. The summed E-state index contributed by atoms with van der Waals surface area (Å²) in [5.41, 5.74) is 0. The monoisotopic (exact) mass is 1120 g/mol. The first-order valence-electron chi connectivity index (χ1n) is 36.5. The molecule has 0 amide bonds. The highest BCUT2D eigenvalue weighted by molar-refractivity contribution is 5.70. The minimum absolute atomic E-state index is 0.0593. The molecule has 0 fully saturated rings. The molecule has 0 saturated heterocycles. The lowest BCUT2D eigenvalue weighted by atomic mass is 10.0. The molecule has 0 aliphatic heterocycles. The number of carbonyl (C=O) groups excluding carboxylic acids is 2. The quantitative estimate of drug-likeness (QED) is 0.0373. The van der Waals surface area contributed by atoms with Gasteiger partial charge in [0.15, 0.2) is 6.10 Å². The van der Waals surface area contributed by atoms with Crippen molar-refractivity contribution in [2.45, 2.75) is 418 Å². The number of rotatable bonds is 69. The third kappa shape index (κ3) is 68.6. The van der Waals surface area contributed by atoms with Gasteiger partial charge in [-0.1, -0.05) is 365 Å². The average Bonchev–Trinajstić information content (AvgIpc) is 3.46. The first-order valence-corrected chi connectivity index (χ1v) is 36.5. The number of esters is 2. The molecule has 0 aliphatic rings. The summed E-state index contributed by atoms with van der Waals surface area (Å²) in [5.74, 6) is -0.566. The minimum Gasteiger partial charge on any atom is -0.462 e. The number of unbranched alkanes of at least 4 members (excludes halogenated alkanes) is 55. The molecule has 80 heavy (non-hydrogen) atoms. The first-order chi connectivity index (χ1) is 39.6. The Morgan fingerprint density at radius 1 is 0.287 bits per heavy atom. The van der Waals surface area contributed by atoms with E-state index >= 15 is 0 Å². The summed E-state index contributed by atoms with van der Waals surface area (Å²) >= 11 is 0. The first kappa shape index (κ1) is 78.1. The molecule has 0 radical (unpaired) electrons. The van der Waals surface area contributed by atoms with Gasteiger partial charge in [-0.05, 0) is 70.6 Å². The number of ether oxygens (including phenoxy) is 2. The maximum absolute atomic E-state index is 12.4. The molecular weight excluding hydrogens is 981 g/mol. The van der Waals surface area contributed by atoms with E-state index in [4.69, 9.17) is 9.47 Å². The summed E-state index contributed by atoms with van der Waals surface area (Å²) in [4.78, 5) is 24.6. The number of allylic oxidation sites excluding steroid dienone is 6. The van der Waals surface area contributed by atoms with Crippen molar-refractivity contribution in [3.63, 3.8) is 0 Å². The largest absolute Gasteiger partial charge is 0.462 e. The van der Waals surface area contributed by atoms with Crippen LogP contribution in [0.4, 0.5) is 0 Å². The van der Waals surface area contributed by atoms with Crippen LogP contribution in [0.5, 0.6) is 0 Å². The molecular formula is C75H142O5. The lowest BCUT2D eigenvalue weighted by molar-refractivity contribution is -0.161. The van der Waals surface area contributed by atoms with Crippen LogP contribution in [0.1, 0.15) is 412 Å². The van der Waals surface area contributed by atoms with Gasteiger partial charge in [0, 0.05) is 12.8 Å². The van der Waals surface area contributed by atoms with Gasteiger partial charge in [0.2, 0.25) is 0 Å². The summed E-state index contributed by atoms with van der Waals surface area (Å²) in [5, 5.41) is 9.70. The zero-order chi connectivity index (χ0) is 57.6. The highest BCUT2D eigenvalue weighted by Gasteiger charge is 2.16. The molecule has 0 aromatic carbocycles. The van der Waals surface area contributed by atoms with Gasteiger partial charge in [-0.15, -0.1) is 0 Å². The van der Waals surface area contributed by atoms with E-state index in [0.717, 1.165) is 44.9 Å². The number of aliphatic hydroxyl groups is 1. The molecule has 0 rings (SSSR count). The second-order valence-corrected chi connectivity index (χ2v) is 25.0. The van der Waals surface area contributed by atoms with E-state index in [1.165, 1.54) is 340 Å². The van der Waals surface area contributed by atoms with Crippen molar-refractivity contribution in [2.75, 3.05) is 13.2 Å². The van der Waals surface area contributed by atoms with E-state index in [-0.39, 0.29) is 25.2 Å². The molecule has 472 valence electrons. The maximum Gasteiger partial charge on any atom is 0.306 e. The molecule has 5 heteroatoms. The van der Waals surface area contributed by atoms with Crippen molar-refractivity contribution in [2.24, 2.45) is 0 Å². The van der Waals surface area contributed by atoms with Gasteiger partial charge in [-0.3, -0.25) is 9.59 Å². The van der Waals surface area contributed by atoms with Crippen LogP contribution < -0.4 is 0 Å². The van der Waals surface area contributed by atoms with Gasteiger partial charge >= 0.3 is 11.9 Å². The standard InChI is InChI=1S/C75H142O5/c1-3-5-7-9-11-13-15-17-19-21-23-25-27-29-30-31-32-33-34-35-36-37-38-39-40-41-42-43-44-46-48-50-52-54-56-58-60-62-64-66-68-70-75(78)80-73(71-76)72-79-74(77)69-67-65-63-61-59-57-55-53-51-49-47-45-28-26-24-22-20-18-16-14-12-10-8-6-4-2/h15,17,21-24,73,76H,3-14,16,18-20,25-72H2,1-2H3/b17-15-,23-21-,24-22-. The van der Waals surface area contributed by atoms with Crippen LogP contribution in [-0.4, -0.2) is 36.4 Å². The van der Waals surface area contributed by atoms with Crippen molar-refractivity contribution in [1.82, 2.24) is 0 Å². The van der Waals surface area contributed by atoms with Gasteiger partial charge in [-0.25, -0.2) is 0 Å². The Bertz CT molecular complexity index is 1270. The normalized spacial score (nSPS) is 12.3. The third-order valence-corrected chi connectivity index (χ3v) is 16.9. The van der Waals surface area contributed by atoms with Crippen LogP contribution in [0.3, 0.4) is 0 Å². The molecule has 0 heterocycles. The van der Waals surface area contributed by atoms with Gasteiger partial charge in [0.1, 0.15) is 6.61 Å². The Morgan fingerprint density at radius 2 is 0.500 bits per heavy atom. The van der Waals surface area contributed by atoms with Crippen LogP contribution in [0.2, 0.25) is 0 Å². The molecule has 1 unspecified atom stereocenters. The van der Waals surface area contributed by atoms with Crippen LogP contribution >= 0.6 is 0 Å². The second kappa shape index (κ2) is 71.4. The van der Waals surface area contributed by atoms with Gasteiger partial charge in [0.25, 0.3) is 0 Å². The Balaban J connectivity index is 3.36. The molecule has 5 nitrogen and oxygen atoms in total. The lowest BCUT2D eigenvalue weighted by Gasteiger charge is -2.15. The molecule has 0 aromatic rings. The van der Waals surface area contributed by atoms with E-state index in [9.17, 15) is 14.7 Å². The van der Waals surface area contributed by atoms with Gasteiger partial charge in [0.05, 0.1) is 6.61 Å². The Hall–Kier alpha value is -1.88. The highest BCUT2D eigenvalue weighted by Crippen LogP contribution is 2.19. The SMILES string of the molecule is CCCCCCC/C=C\C/C=C\CCCCCCCCCCCCCCCCCCCCCCCCCCCCCCCC(=O)OC(CO)COC(=O)CCCCCCCCCCCCCCC/C=C\CCCCCCCCCC.